The van der Waals surface area contributed by atoms with E-state index in [9.17, 15) is 0 Å². The van der Waals surface area contributed by atoms with Crippen molar-refractivity contribution in [3.8, 4) is 0 Å². The van der Waals surface area contributed by atoms with E-state index in [1.807, 2.05) is 0 Å². The number of hydrogen-bond donors (Lipinski definition) is 2. The minimum absolute atomic E-state index is 0.175. The quantitative estimate of drug-likeness (QED) is 0.555. The molecule has 0 aromatic heterocycles. The first-order chi connectivity index (χ1) is 8.12. The van der Waals surface area contributed by atoms with Crippen molar-refractivity contribution in [2.45, 2.75) is 77.3 Å². The zero-order valence-corrected chi connectivity index (χ0v) is 12.0. The third-order valence-electron chi connectivity index (χ3n) is 4.32. The summed E-state index contributed by atoms with van der Waals surface area (Å²) in [7, 11) is 0. The van der Waals surface area contributed by atoms with Crippen LogP contribution < -0.4 is 11.3 Å². The lowest BCUT2D eigenvalue weighted by molar-refractivity contribution is 0.0791. The van der Waals surface area contributed by atoms with Crippen LogP contribution >= 0.6 is 0 Å². The lowest BCUT2D eigenvalue weighted by Gasteiger charge is -2.43. The van der Waals surface area contributed by atoms with Crippen LogP contribution in [0.2, 0.25) is 0 Å². The van der Waals surface area contributed by atoms with E-state index in [1.165, 1.54) is 58.0 Å². The molecule has 1 rings (SSSR count). The summed E-state index contributed by atoms with van der Waals surface area (Å²) in [5.74, 6) is 5.77. The molecule has 17 heavy (non-hydrogen) atoms. The van der Waals surface area contributed by atoms with Crippen LogP contribution in [0.5, 0.6) is 0 Å². The number of hydrazine groups is 1. The van der Waals surface area contributed by atoms with Crippen molar-refractivity contribution in [2.24, 2.45) is 5.84 Å². The number of nitrogens with two attached hydrogens (primary N) is 1. The first-order valence-electron chi connectivity index (χ1n) is 7.34. The van der Waals surface area contributed by atoms with Crippen LogP contribution in [0.15, 0.2) is 0 Å². The summed E-state index contributed by atoms with van der Waals surface area (Å²) in [6, 6.07) is 0.403. The molecule has 3 heteroatoms. The summed E-state index contributed by atoms with van der Waals surface area (Å²) >= 11 is 0. The Morgan fingerprint density at radius 2 is 1.76 bits per heavy atom. The molecule has 1 unspecified atom stereocenters. The number of nitrogens with zero attached hydrogens (tertiary/aromatic N) is 1. The number of unbranched alkanes of at least 4 members (excludes halogenated alkanes) is 1. The van der Waals surface area contributed by atoms with Gasteiger partial charge >= 0.3 is 0 Å². The molecule has 0 aromatic rings. The van der Waals surface area contributed by atoms with E-state index in [-0.39, 0.29) is 5.54 Å². The van der Waals surface area contributed by atoms with Gasteiger partial charge in [-0.15, -0.1) is 0 Å². The van der Waals surface area contributed by atoms with Crippen molar-refractivity contribution in [3.63, 3.8) is 0 Å². The highest BCUT2D eigenvalue weighted by molar-refractivity contribution is 4.93. The summed E-state index contributed by atoms with van der Waals surface area (Å²) in [5, 5.41) is 0. The normalized spacial score (nSPS) is 21.2. The third-order valence-corrected chi connectivity index (χ3v) is 4.32. The largest absolute Gasteiger partial charge is 0.297 e. The Balaban J connectivity index is 2.60. The number of nitrogens with one attached hydrogen (secondary N) is 1. The van der Waals surface area contributed by atoms with Crippen molar-refractivity contribution in [1.29, 1.82) is 0 Å². The summed E-state index contributed by atoms with van der Waals surface area (Å²) < 4.78 is 0. The zero-order chi connectivity index (χ0) is 12.7. The smallest absolute Gasteiger partial charge is 0.0389 e. The first-order valence-corrected chi connectivity index (χ1v) is 7.34. The molecule has 1 heterocycles. The van der Waals surface area contributed by atoms with Gasteiger partial charge in [0, 0.05) is 11.6 Å². The summed E-state index contributed by atoms with van der Waals surface area (Å²) in [6.45, 7) is 9.40. The van der Waals surface area contributed by atoms with E-state index in [0.29, 0.717) is 6.04 Å². The maximum absolute atomic E-state index is 5.77. The fourth-order valence-corrected chi connectivity index (χ4v) is 2.92. The SMILES string of the molecule is CCCCC(NN)C(C)(C)N1CCCCCC1. The van der Waals surface area contributed by atoms with Crippen molar-refractivity contribution in [3.05, 3.63) is 0 Å². The van der Waals surface area contributed by atoms with Gasteiger partial charge in [0.2, 0.25) is 0 Å². The van der Waals surface area contributed by atoms with Gasteiger partial charge in [0.05, 0.1) is 0 Å². The Labute approximate surface area is 107 Å². The summed E-state index contributed by atoms with van der Waals surface area (Å²) in [5.41, 5.74) is 3.23. The van der Waals surface area contributed by atoms with Gasteiger partial charge in [0.15, 0.2) is 0 Å². The Bertz CT molecular complexity index is 196. The van der Waals surface area contributed by atoms with Crippen LogP contribution in [-0.4, -0.2) is 29.6 Å². The Morgan fingerprint density at radius 3 is 2.24 bits per heavy atom. The van der Waals surface area contributed by atoms with E-state index in [0.717, 1.165) is 0 Å². The van der Waals surface area contributed by atoms with Crippen LogP contribution in [0.1, 0.15) is 65.7 Å². The number of likely N-dealkylation sites (tertiary alicyclic amines) is 1. The highest BCUT2D eigenvalue weighted by Crippen LogP contribution is 2.25. The van der Waals surface area contributed by atoms with E-state index in [4.69, 9.17) is 5.84 Å². The molecule has 0 saturated carbocycles. The lowest BCUT2D eigenvalue weighted by Crippen LogP contribution is -2.59. The predicted octanol–water partition coefficient (Wildman–Crippen LogP) is 2.66. The molecule has 0 bridgehead atoms. The van der Waals surface area contributed by atoms with Crippen LogP contribution in [-0.2, 0) is 0 Å². The molecular formula is C14H31N3. The molecule has 1 aliphatic heterocycles. The molecule has 102 valence electrons. The highest BCUT2D eigenvalue weighted by Gasteiger charge is 2.34. The fraction of sp³-hybridized carbons (Fsp3) is 1.00. The fourth-order valence-electron chi connectivity index (χ4n) is 2.92. The van der Waals surface area contributed by atoms with Gasteiger partial charge in [-0.3, -0.25) is 16.2 Å². The van der Waals surface area contributed by atoms with Gasteiger partial charge in [0.1, 0.15) is 0 Å². The van der Waals surface area contributed by atoms with Crippen LogP contribution in [0.25, 0.3) is 0 Å². The molecule has 0 spiro atoms. The maximum atomic E-state index is 5.77. The monoisotopic (exact) mass is 241 g/mol. The van der Waals surface area contributed by atoms with Gasteiger partial charge in [-0.2, -0.15) is 0 Å². The number of hydrogen-bond acceptors (Lipinski definition) is 3. The summed E-state index contributed by atoms with van der Waals surface area (Å²) in [4.78, 5) is 2.64. The van der Waals surface area contributed by atoms with E-state index in [2.05, 4.69) is 31.1 Å². The second-order valence-electron chi connectivity index (χ2n) is 5.92. The van der Waals surface area contributed by atoms with E-state index >= 15 is 0 Å². The van der Waals surface area contributed by atoms with Crippen molar-refractivity contribution in [1.82, 2.24) is 10.3 Å². The van der Waals surface area contributed by atoms with Gasteiger partial charge in [-0.25, -0.2) is 0 Å². The van der Waals surface area contributed by atoms with Gasteiger partial charge in [0.25, 0.3) is 0 Å². The Kier molecular flexibility index (Phi) is 6.45. The topological polar surface area (TPSA) is 41.3 Å². The van der Waals surface area contributed by atoms with Gasteiger partial charge in [-0.05, 0) is 46.2 Å². The number of rotatable bonds is 6. The molecule has 3 nitrogen and oxygen atoms in total. The molecule has 0 radical (unpaired) electrons. The van der Waals surface area contributed by atoms with Crippen molar-refractivity contribution >= 4 is 0 Å². The lowest BCUT2D eigenvalue weighted by atomic mass is 9.88. The van der Waals surface area contributed by atoms with Crippen molar-refractivity contribution < 1.29 is 0 Å². The van der Waals surface area contributed by atoms with Gasteiger partial charge in [-0.1, -0.05) is 32.6 Å². The minimum atomic E-state index is 0.175. The predicted molar refractivity (Wildman–Crippen MR) is 74.8 cm³/mol. The Morgan fingerprint density at radius 1 is 1.18 bits per heavy atom. The second kappa shape index (κ2) is 7.34. The molecule has 1 aliphatic rings. The van der Waals surface area contributed by atoms with Crippen LogP contribution in [0, 0.1) is 0 Å². The molecule has 0 aromatic carbocycles. The molecule has 3 N–H and O–H groups in total. The minimum Gasteiger partial charge on any atom is -0.297 e. The molecule has 1 saturated heterocycles. The first kappa shape index (κ1) is 14.9. The van der Waals surface area contributed by atoms with E-state index < -0.39 is 0 Å². The second-order valence-corrected chi connectivity index (χ2v) is 5.92. The van der Waals surface area contributed by atoms with Gasteiger partial charge < -0.3 is 0 Å². The average molecular weight is 241 g/mol. The highest BCUT2D eigenvalue weighted by atomic mass is 15.3. The standard InChI is InChI=1S/C14H31N3/c1-4-5-10-13(16-15)14(2,3)17-11-8-6-7-9-12-17/h13,16H,4-12,15H2,1-3H3. The zero-order valence-electron chi connectivity index (χ0n) is 12.0. The molecule has 0 aliphatic carbocycles. The molecule has 1 atom stereocenters. The maximum Gasteiger partial charge on any atom is 0.0389 e. The average Bonchev–Trinajstić information content (AvgIpc) is 2.58. The molecule has 0 amide bonds. The van der Waals surface area contributed by atoms with Crippen LogP contribution in [0.4, 0.5) is 0 Å². The summed E-state index contributed by atoms with van der Waals surface area (Å²) in [6.07, 6.45) is 9.14. The molecular weight excluding hydrogens is 210 g/mol. The molecule has 1 fully saturated rings. The Hall–Kier alpha value is -0.120. The van der Waals surface area contributed by atoms with Crippen molar-refractivity contribution in [2.75, 3.05) is 13.1 Å². The van der Waals surface area contributed by atoms with Crippen LogP contribution in [0.3, 0.4) is 0 Å². The third kappa shape index (κ3) is 4.23. The van der Waals surface area contributed by atoms with E-state index in [1.54, 1.807) is 0 Å².